The van der Waals surface area contributed by atoms with Gasteiger partial charge >= 0.3 is 12.0 Å². The third-order valence-electron chi connectivity index (χ3n) is 4.16. The van der Waals surface area contributed by atoms with E-state index < -0.39 is 11.6 Å². The van der Waals surface area contributed by atoms with Gasteiger partial charge in [-0.15, -0.1) is 0 Å². The van der Waals surface area contributed by atoms with Crippen molar-refractivity contribution in [2.45, 2.75) is 52.6 Å². The lowest BCUT2D eigenvalue weighted by atomic mass is 9.75. The van der Waals surface area contributed by atoms with Crippen LogP contribution in [-0.4, -0.2) is 52.3 Å². The molecule has 1 aliphatic rings. The predicted molar refractivity (Wildman–Crippen MR) is 80.0 cm³/mol. The Kier molecular flexibility index (Phi) is 5.61. The number of nitrogens with one attached hydrogen (secondary N) is 1. The molecule has 0 aromatic heterocycles. The molecule has 0 aromatic rings. The van der Waals surface area contributed by atoms with Crippen molar-refractivity contribution in [2.75, 3.05) is 19.6 Å². The summed E-state index contributed by atoms with van der Waals surface area (Å²) in [4.78, 5) is 24.4. The summed E-state index contributed by atoms with van der Waals surface area (Å²) in [6, 6.07) is -0.229. The summed E-state index contributed by atoms with van der Waals surface area (Å²) in [7, 11) is 0. The van der Waals surface area contributed by atoms with Crippen molar-refractivity contribution < 1.29 is 19.8 Å². The minimum atomic E-state index is -1.43. The smallest absolute Gasteiger partial charge is 0.317 e. The van der Waals surface area contributed by atoms with Crippen molar-refractivity contribution in [1.29, 1.82) is 0 Å². The maximum Gasteiger partial charge on any atom is 0.317 e. The van der Waals surface area contributed by atoms with Crippen LogP contribution in [-0.2, 0) is 4.79 Å². The molecule has 3 N–H and O–H groups in total. The van der Waals surface area contributed by atoms with Gasteiger partial charge in [-0.05, 0) is 31.1 Å². The van der Waals surface area contributed by atoms with Gasteiger partial charge in [0.2, 0.25) is 0 Å². The lowest BCUT2D eigenvalue weighted by Crippen LogP contribution is -2.50. The van der Waals surface area contributed by atoms with Crippen LogP contribution < -0.4 is 5.32 Å². The lowest BCUT2D eigenvalue weighted by Gasteiger charge is -2.39. The molecule has 21 heavy (non-hydrogen) atoms. The molecular weight excluding hydrogens is 272 g/mol. The van der Waals surface area contributed by atoms with Crippen LogP contribution >= 0.6 is 0 Å². The summed E-state index contributed by atoms with van der Waals surface area (Å²) in [6.45, 7) is 9.41. The fraction of sp³-hybridized carbons (Fsp3) is 0.867. The van der Waals surface area contributed by atoms with Crippen molar-refractivity contribution in [3.05, 3.63) is 0 Å². The van der Waals surface area contributed by atoms with Crippen LogP contribution in [0, 0.1) is 11.3 Å². The molecule has 1 aliphatic heterocycles. The largest absolute Gasteiger partial charge is 0.481 e. The highest BCUT2D eigenvalue weighted by Crippen LogP contribution is 2.34. The molecular formula is C15H28N2O4. The molecule has 6 nitrogen and oxygen atoms in total. The second-order valence-corrected chi connectivity index (χ2v) is 7.35. The van der Waals surface area contributed by atoms with Gasteiger partial charge in [0.25, 0.3) is 0 Å². The molecule has 1 rings (SSSR count). The lowest BCUT2D eigenvalue weighted by molar-refractivity contribution is -0.141. The Morgan fingerprint density at radius 2 is 1.71 bits per heavy atom. The highest BCUT2D eigenvalue weighted by molar-refractivity contribution is 5.74. The Bertz CT molecular complexity index is 380. The number of carboxylic acids is 1. The number of aliphatic hydroxyl groups is 1. The van der Waals surface area contributed by atoms with E-state index in [-0.39, 0.29) is 24.4 Å². The summed E-state index contributed by atoms with van der Waals surface area (Å²) in [5, 5.41) is 21.2. The average Bonchev–Trinajstić information content (AvgIpc) is 2.33. The highest BCUT2D eigenvalue weighted by Gasteiger charge is 2.31. The van der Waals surface area contributed by atoms with Crippen LogP contribution in [0.15, 0.2) is 0 Å². The second kappa shape index (κ2) is 6.64. The first-order valence-electron chi connectivity index (χ1n) is 7.48. The summed E-state index contributed by atoms with van der Waals surface area (Å²) in [5.74, 6) is -0.475. The van der Waals surface area contributed by atoms with E-state index in [0.717, 1.165) is 12.8 Å². The number of likely N-dealkylation sites (tertiary alicyclic amines) is 1. The first kappa shape index (κ1) is 17.8. The van der Waals surface area contributed by atoms with E-state index in [2.05, 4.69) is 26.1 Å². The molecule has 6 heteroatoms. The highest BCUT2D eigenvalue weighted by atomic mass is 16.4. The fourth-order valence-corrected chi connectivity index (χ4v) is 2.71. The first-order valence-corrected chi connectivity index (χ1v) is 7.48. The molecule has 0 aromatic carbocycles. The standard InChI is InChI=1S/C15H28N2O4/c1-14(2,3)11-5-7-17(8-6-11)13(20)16-10-15(4,21)9-12(18)19/h11,21H,5-10H2,1-4H3,(H,16,20)(H,18,19). The van der Waals surface area contributed by atoms with Crippen LogP contribution in [0.1, 0.15) is 47.0 Å². The summed E-state index contributed by atoms with van der Waals surface area (Å²) in [5.41, 5.74) is -1.17. The number of piperidine rings is 1. The number of nitrogens with zero attached hydrogens (tertiary/aromatic N) is 1. The number of hydrogen-bond donors (Lipinski definition) is 3. The number of hydrogen-bond acceptors (Lipinski definition) is 3. The molecule has 0 saturated carbocycles. The Labute approximate surface area is 126 Å². The third-order valence-corrected chi connectivity index (χ3v) is 4.16. The van der Waals surface area contributed by atoms with Gasteiger partial charge in [-0.2, -0.15) is 0 Å². The molecule has 1 fully saturated rings. The first-order chi connectivity index (χ1) is 9.51. The number of carboxylic acid groups (broad SMARTS) is 1. The maximum atomic E-state index is 12.0. The Balaban J connectivity index is 2.40. The Morgan fingerprint density at radius 1 is 1.19 bits per heavy atom. The Morgan fingerprint density at radius 3 is 2.14 bits per heavy atom. The van der Waals surface area contributed by atoms with E-state index in [9.17, 15) is 14.7 Å². The molecule has 2 amide bonds. The van der Waals surface area contributed by atoms with E-state index in [4.69, 9.17) is 5.11 Å². The third kappa shape index (κ3) is 5.91. The van der Waals surface area contributed by atoms with Gasteiger partial charge in [0.15, 0.2) is 0 Å². The van der Waals surface area contributed by atoms with Crippen molar-refractivity contribution >= 4 is 12.0 Å². The second-order valence-electron chi connectivity index (χ2n) is 7.35. The van der Waals surface area contributed by atoms with Gasteiger partial charge in [0.05, 0.1) is 12.0 Å². The molecule has 1 atom stereocenters. The summed E-state index contributed by atoms with van der Waals surface area (Å²) in [6.07, 6.45) is 1.56. The predicted octanol–water partition coefficient (Wildman–Crippen LogP) is 1.68. The number of rotatable bonds is 4. The zero-order valence-electron chi connectivity index (χ0n) is 13.5. The van der Waals surface area contributed by atoms with E-state index >= 15 is 0 Å². The normalized spacial score (nSPS) is 20.0. The van der Waals surface area contributed by atoms with Gasteiger partial charge in [0.1, 0.15) is 0 Å². The van der Waals surface area contributed by atoms with Crippen molar-refractivity contribution in [2.24, 2.45) is 11.3 Å². The van der Waals surface area contributed by atoms with E-state index in [1.165, 1.54) is 6.92 Å². The minimum absolute atomic E-state index is 0.0582. The van der Waals surface area contributed by atoms with E-state index in [0.29, 0.717) is 19.0 Å². The molecule has 1 unspecified atom stereocenters. The van der Waals surface area contributed by atoms with E-state index in [1.54, 1.807) is 4.90 Å². The molecule has 1 saturated heterocycles. The van der Waals surface area contributed by atoms with Gasteiger partial charge < -0.3 is 20.4 Å². The van der Waals surface area contributed by atoms with Gasteiger partial charge in [0, 0.05) is 19.6 Å². The summed E-state index contributed by atoms with van der Waals surface area (Å²) >= 11 is 0. The van der Waals surface area contributed by atoms with Crippen molar-refractivity contribution in [3.8, 4) is 0 Å². The number of carbonyl (C=O) groups excluding carboxylic acids is 1. The zero-order chi connectivity index (χ0) is 16.3. The summed E-state index contributed by atoms with van der Waals surface area (Å²) < 4.78 is 0. The quantitative estimate of drug-likeness (QED) is 0.737. The van der Waals surface area contributed by atoms with Crippen LogP contribution in [0.4, 0.5) is 4.79 Å². The minimum Gasteiger partial charge on any atom is -0.481 e. The van der Waals surface area contributed by atoms with Crippen LogP contribution in [0.3, 0.4) is 0 Å². The molecule has 0 radical (unpaired) electrons. The van der Waals surface area contributed by atoms with E-state index in [1.807, 2.05) is 0 Å². The molecule has 0 spiro atoms. The van der Waals surface area contributed by atoms with Gasteiger partial charge in [-0.25, -0.2) is 4.79 Å². The van der Waals surface area contributed by atoms with Crippen molar-refractivity contribution in [3.63, 3.8) is 0 Å². The Hall–Kier alpha value is -1.30. The molecule has 0 aliphatic carbocycles. The number of aliphatic carboxylic acids is 1. The van der Waals surface area contributed by atoms with Crippen LogP contribution in [0.25, 0.3) is 0 Å². The molecule has 0 bridgehead atoms. The van der Waals surface area contributed by atoms with Gasteiger partial charge in [-0.3, -0.25) is 4.79 Å². The fourth-order valence-electron chi connectivity index (χ4n) is 2.71. The van der Waals surface area contributed by atoms with Crippen LogP contribution in [0.5, 0.6) is 0 Å². The number of urea groups is 1. The average molecular weight is 300 g/mol. The maximum absolute atomic E-state index is 12.0. The van der Waals surface area contributed by atoms with Crippen molar-refractivity contribution in [1.82, 2.24) is 10.2 Å². The SMILES string of the molecule is CC(O)(CNC(=O)N1CCC(C(C)(C)C)CC1)CC(=O)O. The van der Waals surface area contributed by atoms with Crippen LogP contribution in [0.2, 0.25) is 0 Å². The zero-order valence-corrected chi connectivity index (χ0v) is 13.5. The number of carbonyl (C=O) groups is 2. The topological polar surface area (TPSA) is 89.9 Å². The monoisotopic (exact) mass is 300 g/mol. The van der Waals surface area contributed by atoms with Gasteiger partial charge in [-0.1, -0.05) is 20.8 Å². The molecule has 1 heterocycles. The molecule has 122 valence electrons. The number of amides is 2.